The molecule has 1 unspecified atom stereocenters. The SMILES string of the molecule is CCOC(=O)c1n[nH]c(C2(C)CCNC2)n1. The second-order valence-electron chi connectivity index (χ2n) is 4.22. The van der Waals surface area contributed by atoms with E-state index in [0.29, 0.717) is 6.61 Å². The lowest BCUT2D eigenvalue weighted by atomic mass is 9.89. The van der Waals surface area contributed by atoms with E-state index in [2.05, 4.69) is 27.4 Å². The third kappa shape index (κ3) is 1.92. The third-order valence-electron chi connectivity index (χ3n) is 2.88. The average Bonchev–Trinajstić information content (AvgIpc) is 2.86. The van der Waals surface area contributed by atoms with Crippen LogP contribution < -0.4 is 5.32 Å². The molecule has 6 heteroatoms. The molecule has 88 valence electrons. The van der Waals surface area contributed by atoms with Crippen LogP contribution in [0.15, 0.2) is 0 Å². The van der Waals surface area contributed by atoms with Crippen molar-refractivity contribution in [1.82, 2.24) is 20.5 Å². The van der Waals surface area contributed by atoms with Gasteiger partial charge in [0.25, 0.3) is 5.82 Å². The van der Waals surface area contributed by atoms with Gasteiger partial charge in [-0.3, -0.25) is 5.10 Å². The summed E-state index contributed by atoms with van der Waals surface area (Å²) in [6.07, 6.45) is 0.991. The van der Waals surface area contributed by atoms with E-state index < -0.39 is 5.97 Å². The van der Waals surface area contributed by atoms with Crippen LogP contribution in [0.1, 0.15) is 36.7 Å². The van der Waals surface area contributed by atoms with Crippen molar-refractivity contribution in [2.75, 3.05) is 19.7 Å². The van der Waals surface area contributed by atoms with E-state index in [0.717, 1.165) is 25.3 Å². The molecule has 0 amide bonds. The number of aromatic nitrogens is 3. The molecule has 1 aromatic rings. The van der Waals surface area contributed by atoms with Crippen LogP contribution in [0.5, 0.6) is 0 Å². The van der Waals surface area contributed by atoms with Gasteiger partial charge >= 0.3 is 5.97 Å². The Kier molecular flexibility index (Phi) is 2.91. The van der Waals surface area contributed by atoms with Gasteiger partial charge in [-0.05, 0) is 19.9 Å². The molecule has 1 saturated heterocycles. The fraction of sp³-hybridized carbons (Fsp3) is 0.700. The number of carbonyl (C=O) groups is 1. The monoisotopic (exact) mass is 224 g/mol. The highest BCUT2D eigenvalue weighted by atomic mass is 16.5. The van der Waals surface area contributed by atoms with Crippen LogP contribution in [0.3, 0.4) is 0 Å². The van der Waals surface area contributed by atoms with Crippen molar-refractivity contribution >= 4 is 5.97 Å². The minimum atomic E-state index is -0.473. The summed E-state index contributed by atoms with van der Waals surface area (Å²) in [5, 5.41) is 9.98. The number of carbonyl (C=O) groups excluding carboxylic acids is 1. The molecule has 0 saturated carbocycles. The highest BCUT2D eigenvalue weighted by Crippen LogP contribution is 2.26. The lowest BCUT2D eigenvalue weighted by Crippen LogP contribution is -2.26. The summed E-state index contributed by atoms with van der Waals surface area (Å²) >= 11 is 0. The van der Waals surface area contributed by atoms with Gasteiger partial charge < -0.3 is 10.1 Å². The standard InChI is InChI=1S/C10H16N4O2/c1-3-16-8(15)7-12-9(14-13-7)10(2)4-5-11-6-10/h11H,3-6H2,1-2H3,(H,12,13,14). The van der Waals surface area contributed by atoms with Crippen molar-refractivity contribution in [3.8, 4) is 0 Å². The summed E-state index contributed by atoms with van der Waals surface area (Å²) in [5.41, 5.74) is -0.0578. The van der Waals surface area contributed by atoms with Crippen LogP contribution >= 0.6 is 0 Å². The van der Waals surface area contributed by atoms with Gasteiger partial charge in [0.15, 0.2) is 0 Å². The largest absolute Gasteiger partial charge is 0.460 e. The summed E-state index contributed by atoms with van der Waals surface area (Å²) in [6.45, 7) is 6.01. The Bertz CT molecular complexity index is 382. The van der Waals surface area contributed by atoms with Gasteiger partial charge in [-0.15, -0.1) is 5.10 Å². The van der Waals surface area contributed by atoms with Crippen molar-refractivity contribution in [1.29, 1.82) is 0 Å². The van der Waals surface area contributed by atoms with Crippen molar-refractivity contribution in [3.63, 3.8) is 0 Å². The number of esters is 1. The van der Waals surface area contributed by atoms with Gasteiger partial charge in [-0.25, -0.2) is 9.78 Å². The fourth-order valence-electron chi connectivity index (χ4n) is 1.84. The van der Waals surface area contributed by atoms with Crippen LogP contribution in [0.2, 0.25) is 0 Å². The Balaban J connectivity index is 2.16. The molecule has 2 N–H and O–H groups in total. The minimum absolute atomic E-state index is 0.0578. The summed E-state index contributed by atoms with van der Waals surface area (Å²) < 4.78 is 4.84. The second kappa shape index (κ2) is 4.21. The molecule has 1 fully saturated rings. The minimum Gasteiger partial charge on any atom is -0.460 e. The summed E-state index contributed by atoms with van der Waals surface area (Å²) in [6, 6.07) is 0. The maximum Gasteiger partial charge on any atom is 0.378 e. The molecular weight excluding hydrogens is 208 g/mol. The Morgan fingerprint density at radius 1 is 1.62 bits per heavy atom. The Labute approximate surface area is 93.8 Å². The topological polar surface area (TPSA) is 79.9 Å². The van der Waals surface area contributed by atoms with Crippen molar-refractivity contribution in [3.05, 3.63) is 11.6 Å². The quantitative estimate of drug-likeness (QED) is 0.718. The third-order valence-corrected chi connectivity index (χ3v) is 2.88. The lowest BCUT2D eigenvalue weighted by Gasteiger charge is -2.18. The zero-order valence-corrected chi connectivity index (χ0v) is 9.54. The maximum absolute atomic E-state index is 11.4. The van der Waals surface area contributed by atoms with Crippen molar-refractivity contribution in [2.45, 2.75) is 25.7 Å². The second-order valence-corrected chi connectivity index (χ2v) is 4.22. The molecule has 0 bridgehead atoms. The molecule has 2 heterocycles. The summed E-state index contributed by atoms with van der Waals surface area (Å²) in [7, 11) is 0. The van der Waals surface area contributed by atoms with E-state index in [1.807, 2.05) is 0 Å². The van der Waals surface area contributed by atoms with Gasteiger partial charge in [0, 0.05) is 12.0 Å². The Morgan fingerprint density at radius 3 is 3.06 bits per heavy atom. The van der Waals surface area contributed by atoms with E-state index in [1.54, 1.807) is 6.92 Å². The lowest BCUT2D eigenvalue weighted by molar-refractivity contribution is 0.0512. The van der Waals surface area contributed by atoms with Crippen LogP contribution in [0.4, 0.5) is 0 Å². The van der Waals surface area contributed by atoms with Crippen LogP contribution in [0, 0.1) is 0 Å². The predicted molar refractivity (Wildman–Crippen MR) is 57.2 cm³/mol. The molecular formula is C10H16N4O2. The average molecular weight is 224 g/mol. The number of hydrogen-bond donors (Lipinski definition) is 2. The molecule has 1 aliphatic heterocycles. The molecule has 0 aromatic carbocycles. The van der Waals surface area contributed by atoms with E-state index in [-0.39, 0.29) is 11.2 Å². The summed E-state index contributed by atoms with van der Waals surface area (Å²) in [4.78, 5) is 15.6. The molecule has 1 atom stereocenters. The predicted octanol–water partition coefficient (Wildman–Crippen LogP) is 0.232. The number of ether oxygens (including phenoxy) is 1. The number of nitrogens with one attached hydrogen (secondary N) is 2. The zero-order chi connectivity index (χ0) is 11.6. The van der Waals surface area contributed by atoms with Gasteiger partial charge in [0.05, 0.1) is 6.61 Å². The fourth-order valence-corrected chi connectivity index (χ4v) is 1.84. The Morgan fingerprint density at radius 2 is 2.44 bits per heavy atom. The number of aromatic amines is 1. The molecule has 0 spiro atoms. The Hall–Kier alpha value is -1.43. The van der Waals surface area contributed by atoms with Crippen LogP contribution in [-0.2, 0) is 10.2 Å². The highest BCUT2D eigenvalue weighted by molar-refractivity contribution is 5.84. The van der Waals surface area contributed by atoms with E-state index in [9.17, 15) is 4.79 Å². The summed E-state index contributed by atoms with van der Waals surface area (Å²) in [5.74, 6) is 0.394. The molecule has 1 aromatic heterocycles. The van der Waals surface area contributed by atoms with Gasteiger partial charge in [-0.1, -0.05) is 6.92 Å². The first kappa shape index (κ1) is 11.1. The first-order valence-electron chi connectivity index (χ1n) is 5.46. The molecule has 0 radical (unpaired) electrons. The van der Waals surface area contributed by atoms with E-state index in [4.69, 9.17) is 4.74 Å². The van der Waals surface area contributed by atoms with Gasteiger partial charge in [0.1, 0.15) is 5.82 Å². The number of H-pyrrole nitrogens is 1. The molecule has 0 aliphatic carbocycles. The van der Waals surface area contributed by atoms with Crippen LogP contribution in [-0.4, -0.2) is 40.8 Å². The molecule has 6 nitrogen and oxygen atoms in total. The van der Waals surface area contributed by atoms with Crippen LogP contribution in [0.25, 0.3) is 0 Å². The van der Waals surface area contributed by atoms with Crippen molar-refractivity contribution < 1.29 is 9.53 Å². The number of rotatable bonds is 3. The first-order valence-corrected chi connectivity index (χ1v) is 5.46. The van der Waals surface area contributed by atoms with Gasteiger partial charge in [0.2, 0.25) is 0 Å². The number of nitrogens with zero attached hydrogens (tertiary/aromatic N) is 2. The zero-order valence-electron chi connectivity index (χ0n) is 9.54. The molecule has 1 aliphatic rings. The molecule has 2 rings (SSSR count). The number of hydrogen-bond acceptors (Lipinski definition) is 5. The van der Waals surface area contributed by atoms with E-state index in [1.165, 1.54) is 0 Å². The normalized spacial score (nSPS) is 24.6. The first-order chi connectivity index (χ1) is 7.65. The molecule has 16 heavy (non-hydrogen) atoms. The smallest absolute Gasteiger partial charge is 0.378 e. The van der Waals surface area contributed by atoms with Crippen molar-refractivity contribution in [2.24, 2.45) is 0 Å². The van der Waals surface area contributed by atoms with Gasteiger partial charge in [-0.2, -0.15) is 0 Å². The highest BCUT2D eigenvalue weighted by Gasteiger charge is 2.34. The maximum atomic E-state index is 11.4. The van der Waals surface area contributed by atoms with E-state index >= 15 is 0 Å².